The van der Waals surface area contributed by atoms with Crippen molar-refractivity contribution in [1.29, 1.82) is 0 Å². The Labute approximate surface area is 77.1 Å². The molecule has 0 aliphatic heterocycles. The highest BCUT2D eigenvalue weighted by molar-refractivity contribution is 7.98. The van der Waals surface area contributed by atoms with Crippen molar-refractivity contribution in [3.05, 3.63) is 23.8 Å². The SMILES string of the molecule is COc1cc(CN)ccc1SC. The van der Waals surface area contributed by atoms with E-state index in [2.05, 4.69) is 0 Å². The zero-order chi connectivity index (χ0) is 8.97. The van der Waals surface area contributed by atoms with E-state index >= 15 is 0 Å². The molecule has 2 nitrogen and oxygen atoms in total. The molecule has 0 aromatic heterocycles. The summed E-state index contributed by atoms with van der Waals surface area (Å²) in [7, 11) is 1.68. The van der Waals surface area contributed by atoms with Crippen LogP contribution >= 0.6 is 11.8 Å². The summed E-state index contributed by atoms with van der Waals surface area (Å²) in [5.41, 5.74) is 6.60. The molecule has 0 aliphatic carbocycles. The summed E-state index contributed by atoms with van der Waals surface area (Å²) < 4.78 is 5.20. The molecule has 0 atom stereocenters. The molecule has 0 saturated carbocycles. The van der Waals surface area contributed by atoms with Gasteiger partial charge in [-0.15, -0.1) is 11.8 Å². The van der Waals surface area contributed by atoms with Crippen LogP contribution in [-0.2, 0) is 6.54 Å². The van der Waals surface area contributed by atoms with Crippen molar-refractivity contribution >= 4 is 11.8 Å². The van der Waals surface area contributed by atoms with Gasteiger partial charge in [-0.25, -0.2) is 0 Å². The van der Waals surface area contributed by atoms with Crippen LogP contribution in [-0.4, -0.2) is 13.4 Å². The topological polar surface area (TPSA) is 35.2 Å². The smallest absolute Gasteiger partial charge is 0.132 e. The van der Waals surface area contributed by atoms with Crippen molar-refractivity contribution in [3.8, 4) is 5.75 Å². The number of methoxy groups -OCH3 is 1. The van der Waals surface area contributed by atoms with Crippen LogP contribution < -0.4 is 10.5 Å². The average molecular weight is 183 g/mol. The lowest BCUT2D eigenvalue weighted by molar-refractivity contribution is 0.404. The van der Waals surface area contributed by atoms with Gasteiger partial charge in [0.05, 0.1) is 7.11 Å². The number of nitrogens with two attached hydrogens (primary N) is 1. The van der Waals surface area contributed by atoms with Crippen LogP contribution in [0.2, 0.25) is 0 Å². The summed E-state index contributed by atoms with van der Waals surface area (Å²) >= 11 is 1.67. The third-order valence-corrected chi connectivity index (χ3v) is 2.46. The quantitative estimate of drug-likeness (QED) is 0.727. The standard InChI is InChI=1S/C9H13NOS/c1-11-8-5-7(6-10)3-4-9(8)12-2/h3-5H,6,10H2,1-2H3. The van der Waals surface area contributed by atoms with Crippen molar-refractivity contribution in [1.82, 2.24) is 0 Å². The van der Waals surface area contributed by atoms with E-state index in [0.717, 1.165) is 16.2 Å². The number of rotatable bonds is 3. The first-order valence-corrected chi connectivity index (χ1v) is 4.95. The maximum absolute atomic E-state index is 5.50. The first kappa shape index (κ1) is 9.42. The summed E-state index contributed by atoms with van der Waals surface area (Å²) in [5, 5.41) is 0. The van der Waals surface area contributed by atoms with E-state index in [-0.39, 0.29) is 0 Å². The molecule has 0 radical (unpaired) electrons. The Morgan fingerprint density at radius 1 is 1.50 bits per heavy atom. The van der Waals surface area contributed by atoms with Crippen LogP contribution in [0.25, 0.3) is 0 Å². The van der Waals surface area contributed by atoms with Crippen molar-refractivity contribution in [2.45, 2.75) is 11.4 Å². The molecule has 2 N–H and O–H groups in total. The number of thioether (sulfide) groups is 1. The number of benzene rings is 1. The molecule has 0 fully saturated rings. The molecule has 66 valence electrons. The van der Waals surface area contributed by atoms with E-state index in [1.165, 1.54) is 0 Å². The van der Waals surface area contributed by atoms with E-state index in [1.807, 2.05) is 24.5 Å². The third-order valence-electron chi connectivity index (χ3n) is 1.68. The van der Waals surface area contributed by atoms with Gasteiger partial charge in [-0.2, -0.15) is 0 Å². The zero-order valence-corrected chi connectivity index (χ0v) is 8.15. The van der Waals surface area contributed by atoms with Crippen LogP contribution in [0.15, 0.2) is 23.1 Å². The predicted octanol–water partition coefficient (Wildman–Crippen LogP) is 1.88. The highest BCUT2D eigenvalue weighted by atomic mass is 32.2. The number of hydrogen-bond acceptors (Lipinski definition) is 3. The average Bonchev–Trinajstić information content (AvgIpc) is 2.16. The normalized spacial score (nSPS) is 9.92. The molecule has 0 amide bonds. The van der Waals surface area contributed by atoms with Crippen LogP contribution in [0.4, 0.5) is 0 Å². The minimum atomic E-state index is 0.561. The summed E-state index contributed by atoms with van der Waals surface area (Å²) in [6, 6.07) is 6.03. The minimum Gasteiger partial charge on any atom is -0.496 e. The van der Waals surface area contributed by atoms with Crippen LogP contribution in [0.3, 0.4) is 0 Å². The molecule has 12 heavy (non-hydrogen) atoms. The van der Waals surface area contributed by atoms with Gasteiger partial charge in [-0.3, -0.25) is 0 Å². The third kappa shape index (κ3) is 1.93. The van der Waals surface area contributed by atoms with E-state index < -0.39 is 0 Å². The van der Waals surface area contributed by atoms with Gasteiger partial charge in [0.25, 0.3) is 0 Å². The Hall–Kier alpha value is -0.670. The van der Waals surface area contributed by atoms with Crippen molar-refractivity contribution in [3.63, 3.8) is 0 Å². The molecule has 0 unspecified atom stereocenters. The monoisotopic (exact) mass is 183 g/mol. The lowest BCUT2D eigenvalue weighted by atomic mass is 10.2. The highest BCUT2D eigenvalue weighted by Crippen LogP contribution is 2.27. The maximum atomic E-state index is 5.50. The summed E-state index contributed by atoms with van der Waals surface area (Å²) in [5.74, 6) is 0.908. The van der Waals surface area contributed by atoms with Gasteiger partial charge in [-0.1, -0.05) is 6.07 Å². The largest absolute Gasteiger partial charge is 0.496 e. The molecule has 0 aliphatic rings. The molecule has 0 bridgehead atoms. The van der Waals surface area contributed by atoms with Crippen LogP contribution in [0.5, 0.6) is 5.75 Å². The second-order valence-corrected chi connectivity index (χ2v) is 3.24. The van der Waals surface area contributed by atoms with E-state index in [0.29, 0.717) is 6.54 Å². The minimum absolute atomic E-state index is 0.561. The predicted molar refractivity (Wildman–Crippen MR) is 52.7 cm³/mol. The molecular weight excluding hydrogens is 170 g/mol. The molecule has 1 rings (SSSR count). The number of hydrogen-bond donors (Lipinski definition) is 1. The Bertz CT molecular complexity index is 263. The second-order valence-electron chi connectivity index (χ2n) is 2.39. The zero-order valence-electron chi connectivity index (χ0n) is 7.33. The fourth-order valence-electron chi connectivity index (χ4n) is 1.01. The molecule has 0 spiro atoms. The molecule has 3 heteroatoms. The van der Waals surface area contributed by atoms with E-state index in [4.69, 9.17) is 10.5 Å². The summed E-state index contributed by atoms with van der Waals surface area (Å²) in [6.45, 7) is 0.561. The number of ether oxygens (including phenoxy) is 1. The molecular formula is C9H13NOS. The Kier molecular flexibility index (Phi) is 3.44. The second kappa shape index (κ2) is 4.38. The molecule has 0 heterocycles. The Morgan fingerprint density at radius 2 is 2.25 bits per heavy atom. The highest BCUT2D eigenvalue weighted by Gasteiger charge is 2.01. The molecule has 1 aromatic rings. The van der Waals surface area contributed by atoms with Gasteiger partial charge in [-0.05, 0) is 24.0 Å². The van der Waals surface area contributed by atoms with Crippen molar-refractivity contribution in [2.24, 2.45) is 5.73 Å². The Morgan fingerprint density at radius 3 is 2.75 bits per heavy atom. The fraction of sp³-hybridized carbons (Fsp3) is 0.333. The van der Waals surface area contributed by atoms with Gasteiger partial charge < -0.3 is 10.5 Å². The van der Waals surface area contributed by atoms with Gasteiger partial charge in [0.15, 0.2) is 0 Å². The molecule has 1 aromatic carbocycles. The summed E-state index contributed by atoms with van der Waals surface area (Å²) in [6.07, 6.45) is 2.03. The van der Waals surface area contributed by atoms with Crippen LogP contribution in [0, 0.1) is 0 Å². The summed E-state index contributed by atoms with van der Waals surface area (Å²) in [4.78, 5) is 1.15. The Balaban J connectivity index is 3.02. The first-order valence-electron chi connectivity index (χ1n) is 3.72. The van der Waals surface area contributed by atoms with Crippen molar-refractivity contribution < 1.29 is 4.74 Å². The van der Waals surface area contributed by atoms with Gasteiger partial charge in [0.1, 0.15) is 5.75 Å². The maximum Gasteiger partial charge on any atom is 0.132 e. The molecule has 0 saturated heterocycles. The van der Waals surface area contributed by atoms with Gasteiger partial charge in [0, 0.05) is 11.4 Å². The fourth-order valence-corrected chi connectivity index (χ4v) is 1.56. The van der Waals surface area contributed by atoms with E-state index in [1.54, 1.807) is 18.9 Å². The van der Waals surface area contributed by atoms with E-state index in [9.17, 15) is 0 Å². The van der Waals surface area contributed by atoms with Gasteiger partial charge >= 0.3 is 0 Å². The van der Waals surface area contributed by atoms with Gasteiger partial charge in [0.2, 0.25) is 0 Å². The van der Waals surface area contributed by atoms with Crippen molar-refractivity contribution in [2.75, 3.05) is 13.4 Å². The van der Waals surface area contributed by atoms with Crippen LogP contribution in [0.1, 0.15) is 5.56 Å². The lowest BCUT2D eigenvalue weighted by Crippen LogP contribution is -1.97. The first-order chi connectivity index (χ1) is 5.81. The lowest BCUT2D eigenvalue weighted by Gasteiger charge is -2.07.